The highest BCUT2D eigenvalue weighted by Gasteiger charge is 2.24. The second-order valence-corrected chi connectivity index (χ2v) is 5.64. The van der Waals surface area contributed by atoms with Gasteiger partial charge in [-0.05, 0) is 24.3 Å². The van der Waals surface area contributed by atoms with Gasteiger partial charge in [-0.25, -0.2) is 8.42 Å². The third kappa shape index (κ3) is 3.10. The van der Waals surface area contributed by atoms with Crippen molar-refractivity contribution < 1.29 is 18.1 Å². The predicted molar refractivity (Wildman–Crippen MR) is 60.3 cm³/mol. The molecule has 0 N–H and O–H groups in total. The Morgan fingerprint density at radius 3 is 2.12 bits per heavy atom. The lowest BCUT2D eigenvalue weighted by Gasteiger charge is -2.04. The zero-order chi connectivity index (χ0) is 13.2. The normalized spacial score (nSPS) is 13.1. The average molecular weight is 257 g/mol. The van der Waals surface area contributed by atoms with Crippen LogP contribution in [-0.4, -0.2) is 31.4 Å². The lowest BCUT2D eigenvalue weighted by atomic mass is 10.1. The van der Waals surface area contributed by atoms with Crippen molar-refractivity contribution in [3.05, 3.63) is 39.9 Å². The van der Waals surface area contributed by atoms with Crippen LogP contribution in [0.25, 0.3) is 0 Å². The highest BCUT2D eigenvalue weighted by Crippen LogP contribution is 2.12. The summed E-state index contributed by atoms with van der Waals surface area (Å²) in [5, 5.41) is 10.4. The minimum atomic E-state index is -3.33. The second-order valence-electron chi connectivity index (χ2n) is 3.62. The van der Waals surface area contributed by atoms with Crippen molar-refractivity contribution in [2.45, 2.75) is 17.9 Å². The fourth-order valence-corrected chi connectivity index (χ4v) is 1.83. The van der Waals surface area contributed by atoms with E-state index in [0.29, 0.717) is 0 Å². The maximum Gasteiger partial charge on any atom is 0.272 e. The first kappa shape index (κ1) is 13.3. The molecule has 7 heteroatoms. The Bertz CT molecular complexity index is 547. The van der Waals surface area contributed by atoms with Gasteiger partial charge in [0.2, 0.25) is 5.78 Å². The van der Waals surface area contributed by atoms with Crippen LogP contribution in [-0.2, 0) is 9.84 Å². The smallest absolute Gasteiger partial charge is 0.272 e. The van der Waals surface area contributed by atoms with Gasteiger partial charge in [-0.1, -0.05) is 0 Å². The van der Waals surface area contributed by atoms with E-state index in [2.05, 4.69) is 0 Å². The van der Waals surface area contributed by atoms with Gasteiger partial charge in [0.05, 0.1) is 4.90 Å². The molecule has 92 valence electrons. The Kier molecular flexibility index (Phi) is 3.62. The number of ketones is 1. The Labute approximate surface area is 98.3 Å². The quantitative estimate of drug-likeness (QED) is 0.454. The van der Waals surface area contributed by atoms with Gasteiger partial charge in [-0.15, -0.1) is 0 Å². The Hall–Kier alpha value is -1.76. The molecule has 1 aromatic rings. The third-order valence-electron chi connectivity index (χ3n) is 2.26. The van der Waals surface area contributed by atoms with Crippen molar-refractivity contribution in [1.29, 1.82) is 0 Å². The van der Waals surface area contributed by atoms with E-state index in [1.165, 1.54) is 31.2 Å². The summed E-state index contributed by atoms with van der Waals surface area (Å²) in [4.78, 5) is 21.4. The van der Waals surface area contributed by atoms with E-state index in [1.54, 1.807) is 0 Å². The van der Waals surface area contributed by atoms with Crippen LogP contribution in [0.4, 0.5) is 0 Å². The molecule has 0 heterocycles. The Balaban J connectivity index is 3.04. The number of carbonyl (C=O) groups excluding carboxylic acids is 1. The third-order valence-corrected chi connectivity index (χ3v) is 3.39. The molecule has 1 rings (SSSR count). The monoisotopic (exact) mass is 257 g/mol. The maximum atomic E-state index is 11.6. The van der Waals surface area contributed by atoms with E-state index in [-0.39, 0.29) is 10.5 Å². The topological polar surface area (TPSA) is 94.3 Å². The molecule has 0 aliphatic carbocycles. The number of carbonyl (C=O) groups is 1. The molecule has 0 amide bonds. The van der Waals surface area contributed by atoms with Gasteiger partial charge in [0.1, 0.15) is 0 Å². The lowest BCUT2D eigenvalue weighted by Crippen LogP contribution is -2.26. The number of nitrogens with zero attached hydrogens (tertiary/aromatic N) is 1. The molecule has 0 radical (unpaired) electrons. The van der Waals surface area contributed by atoms with Gasteiger partial charge in [-0.2, -0.15) is 0 Å². The number of sulfone groups is 1. The van der Waals surface area contributed by atoms with E-state index in [0.717, 1.165) is 6.26 Å². The summed E-state index contributed by atoms with van der Waals surface area (Å²) in [6.07, 6.45) is 1.05. The van der Waals surface area contributed by atoms with Crippen molar-refractivity contribution in [3.8, 4) is 0 Å². The molecule has 0 aromatic heterocycles. The zero-order valence-corrected chi connectivity index (χ0v) is 10.1. The Morgan fingerprint density at radius 1 is 1.29 bits per heavy atom. The molecular weight excluding hydrogens is 246 g/mol. The first-order valence-corrected chi connectivity index (χ1v) is 6.60. The van der Waals surface area contributed by atoms with Crippen LogP contribution in [0.2, 0.25) is 0 Å². The summed E-state index contributed by atoms with van der Waals surface area (Å²) in [6, 6.07) is 3.74. The summed E-state index contributed by atoms with van der Waals surface area (Å²) in [5.41, 5.74) is 0.126. The number of hydrogen-bond acceptors (Lipinski definition) is 5. The minimum Gasteiger partial charge on any atom is -0.286 e. The maximum absolute atomic E-state index is 11.6. The van der Waals surface area contributed by atoms with Gasteiger partial charge in [-0.3, -0.25) is 14.9 Å². The summed E-state index contributed by atoms with van der Waals surface area (Å²) in [5.74, 6) is -0.643. The molecule has 0 saturated carbocycles. The highest BCUT2D eigenvalue weighted by atomic mass is 32.2. The molecule has 0 saturated heterocycles. The second kappa shape index (κ2) is 4.62. The Morgan fingerprint density at radius 2 is 1.76 bits per heavy atom. The molecule has 0 fully saturated rings. The average Bonchev–Trinajstić information content (AvgIpc) is 2.26. The first-order valence-electron chi connectivity index (χ1n) is 4.71. The van der Waals surface area contributed by atoms with E-state index in [1.807, 2.05) is 0 Å². The van der Waals surface area contributed by atoms with Crippen LogP contribution in [0, 0.1) is 10.1 Å². The number of rotatable bonds is 4. The molecule has 0 aliphatic heterocycles. The van der Waals surface area contributed by atoms with Crippen LogP contribution in [0.5, 0.6) is 0 Å². The van der Waals surface area contributed by atoms with Crippen molar-refractivity contribution in [2.75, 3.05) is 6.26 Å². The van der Waals surface area contributed by atoms with E-state index < -0.39 is 26.6 Å². The summed E-state index contributed by atoms with van der Waals surface area (Å²) >= 11 is 0. The summed E-state index contributed by atoms with van der Waals surface area (Å²) in [7, 11) is -3.33. The molecular formula is C10H11NO5S. The van der Waals surface area contributed by atoms with Crippen molar-refractivity contribution in [3.63, 3.8) is 0 Å². The van der Waals surface area contributed by atoms with Gasteiger partial charge >= 0.3 is 0 Å². The van der Waals surface area contributed by atoms with Crippen LogP contribution in [0.1, 0.15) is 17.3 Å². The highest BCUT2D eigenvalue weighted by molar-refractivity contribution is 7.90. The van der Waals surface area contributed by atoms with Gasteiger partial charge in [0.25, 0.3) is 6.04 Å². The van der Waals surface area contributed by atoms with Crippen molar-refractivity contribution >= 4 is 15.6 Å². The van der Waals surface area contributed by atoms with Crippen LogP contribution < -0.4 is 0 Å². The minimum absolute atomic E-state index is 0.0720. The fourth-order valence-electron chi connectivity index (χ4n) is 1.20. The predicted octanol–water partition coefficient (Wildman–Crippen LogP) is 0.938. The van der Waals surface area contributed by atoms with E-state index in [9.17, 15) is 23.3 Å². The SMILES string of the molecule is CC(C(=O)c1ccc(S(C)(=O)=O)cc1)[N+](=O)[O-]. The largest absolute Gasteiger partial charge is 0.286 e. The molecule has 0 spiro atoms. The van der Waals surface area contributed by atoms with Crippen LogP contribution in [0.15, 0.2) is 29.2 Å². The van der Waals surface area contributed by atoms with Gasteiger partial charge < -0.3 is 0 Å². The first-order chi connectivity index (χ1) is 7.73. The van der Waals surface area contributed by atoms with Crippen LogP contribution in [0.3, 0.4) is 0 Å². The number of benzene rings is 1. The van der Waals surface area contributed by atoms with Crippen molar-refractivity contribution in [1.82, 2.24) is 0 Å². The molecule has 0 bridgehead atoms. The van der Waals surface area contributed by atoms with E-state index >= 15 is 0 Å². The number of hydrogen-bond donors (Lipinski definition) is 0. The van der Waals surface area contributed by atoms with Gasteiger partial charge in [0.15, 0.2) is 9.84 Å². The standard InChI is InChI=1S/C10H11NO5S/c1-7(11(13)14)10(12)8-3-5-9(6-4-8)17(2,15)16/h3-7H,1-2H3. The molecule has 1 unspecified atom stereocenters. The summed E-state index contributed by atoms with van der Waals surface area (Å²) < 4.78 is 22.3. The van der Waals surface area contributed by atoms with Gasteiger partial charge in [0, 0.05) is 23.7 Å². The molecule has 0 aliphatic rings. The summed E-state index contributed by atoms with van der Waals surface area (Å²) in [6.45, 7) is 1.19. The molecule has 17 heavy (non-hydrogen) atoms. The molecule has 6 nitrogen and oxygen atoms in total. The van der Waals surface area contributed by atoms with Crippen molar-refractivity contribution in [2.24, 2.45) is 0 Å². The molecule has 1 aromatic carbocycles. The van der Waals surface area contributed by atoms with Crippen LogP contribution >= 0.6 is 0 Å². The zero-order valence-electron chi connectivity index (χ0n) is 9.28. The number of nitro groups is 1. The number of Topliss-reactive ketones (excluding diaryl/α,β-unsaturated/α-hetero) is 1. The lowest BCUT2D eigenvalue weighted by molar-refractivity contribution is -0.500. The fraction of sp³-hybridized carbons (Fsp3) is 0.300. The molecule has 1 atom stereocenters. The van der Waals surface area contributed by atoms with E-state index in [4.69, 9.17) is 0 Å².